The third-order valence-electron chi connectivity index (χ3n) is 2.61. The van der Waals surface area contributed by atoms with Crippen molar-refractivity contribution >= 4 is 5.69 Å². The lowest BCUT2D eigenvalue weighted by Gasteiger charge is -2.16. The summed E-state index contributed by atoms with van der Waals surface area (Å²) in [4.78, 5) is 13.7. The van der Waals surface area contributed by atoms with Crippen LogP contribution in [-0.4, -0.2) is 28.0 Å². The van der Waals surface area contributed by atoms with Gasteiger partial charge in [0.15, 0.2) is 0 Å². The van der Waals surface area contributed by atoms with Gasteiger partial charge in [-0.05, 0) is 31.0 Å². The number of rotatable bonds is 1. The molecule has 0 atom stereocenters. The van der Waals surface area contributed by atoms with E-state index in [1.54, 1.807) is 18.5 Å². The smallest absolute Gasteiger partial charge is 0.115 e. The molecule has 0 N–H and O–H groups in total. The average molecular weight is 228 g/mol. The van der Waals surface area contributed by atoms with Crippen LogP contribution in [0.5, 0.6) is 0 Å². The van der Waals surface area contributed by atoms with Gasteiger partial charge in [-0.1, -0.05) is 0 Å². The fourth-order valence-electron chi connectivity index (χ4n) is 1.78. The van der Waals surface area contributed by atoms with Crippen molar-refractivity contribution in [2.75, 3.05) is 18.0 Å². The molecule has 0 aliphatic carbocycles. The lowest BCUT2D eigenvalue weighted by atomic mass is 10.4. The highest BCUT2D eigenvalue weighted by atomic mass is 15.1. The molecule has 17 heavy (non-hydrogen) atoms. The molecule has 0 aromatic carbocycles. The molecule has 1 fully saturated rings. The van der Waals surface area contributed by atoms with Crippen LogP contribution in [0, 0.1) is 0 Å². The number of anilines is 1. The second kappa shape index (κ2) is 6.58. The Morgan fingerprint density at radius 2 is 1.47 bits per heavy atom. The number of aromatic nitrogens is 3. The first-order chi connectivity index (χ1) is 8.47. The highest BCUT2D eigenvalue weighted by Gasteiger charge is 2.10. The summed E-state index contributed by atoms with van der Waals surface area (Å²) < 4.78 is 0. The van der Waals surface area contributed by atoms with E-state index >= 15 is 0 Å². The normalized spacial score (nSPS) is 14.0. The van der Waals surface area contributed by atoms with Crippen LogP contribution in [0.25, 0.3) is 0 Å². The van der Waals surface area contributed by atoms with E-state index in [4.69, 9.17) is 0 Å². The van der Waals surface area contributed by atoms with Gasteiger partial charge in [0.1, 0.15) is 6.33 Å². The summed E-state index contributed by atoms with van der Waals surface area (Å²) >= 11 is 0. The molecular formula is C13H16N4. The second-order valence-corrected chi connectivity index (χ2v) is 3.80. The van der Waals surface area contributed by atoms with Gasteiger partial charge in [-0.2, -0.15) is 0 Å². The Kier molecular flexibility index (Phi) is 4.45. The monoisotopic (exact) mass is 228 g/mol. The number of pyridine rings is 1. The summed E-state index contributed by atoms with van der Waals surface area (Å²) in [5.74, 6) is 0. The summed E-state index contributed by atoms with van der Waals surface area (Å²) in [5.41, 5.74) is 1.32. The maximum Gasteiger partial charge on any atom is 0.115 e. The third kappa shape index (κ3) is 3.83. The minimum Gasteiger partial charge on any atom is -0.371 e. The van der Waals surface area contributed by atoms with Crippen LogP contribution >= 0.6 is 0 Å². The molecule has 1 saturated heterocycles. The zero-order valence-corrected chi connectivity index (χ0v) is 9.74. The maximum absolute atomic E-state index is 3.99. The van der Waals surface area contributed by atoms with E-state index in [2.05, 4.69) is 32.0 Å². The van der Waals surface area contributed by atoms with Crippen LogP contribution in [0.4, 0.5) is 5.69 Å². The summed E-state index contributed by atoms with van der Waals surface area (Å²) in [6.07, 6.45) is 11.3. The van der Waals surface area contributed by atoms with Gasteiger partial charge in [0.05, 0.1) is 0 Å². The Balaban J connectivity index is 0.000000153. The highest BCUT2D eigenvalue weighted by Crippen LogP contribution is 2.17. The molecular weight excluding hydrogens is 212 g/mol. The minimum atomic E-state index is 1.21. The van der Waals surface area contributed by atoms with E-state index in [0.717, 1.165) is 0 Å². The predicted octanol–water partition coefficient (Wildman–Crippen LogP) is 2.16. The fourth-order valence-corrected chi connectivity index (χ4v) is 1.78. The second-order valence-electron chi connectivity index (χ2n) is 3.80. The molecule has 0 unspecified atom stereocenters. The summed E-state index contributed by atoms with van der Waals surface area (Å²) in [7, 11) is 0. The topological polar surface area (TPSA) is 41.9 Å². The first-order valence-electron chi connectivity index (χ1n) is 5.82. The predicted molar refractivity (Wildman–Crippen MR) is 67.7 cm³/mol. The third-order valence-corrected chi connectivity index (χ3v) is 2.61. The molecule has 0 saturated carbocycles. The maximum atomic E-state index is 3.99. The van der Waals surface area contributed by atoms with Crippen molar-refractivity contribution in [2.24, 2.45) is 0 Å². The summed E-state index contributed by atoms with van der Waals surface area (Å²) in [5, 5.41) is 0. The van der Waals surface area contributed by atoms with Crippen LogP contribution in [0.2, 0.25) is 0 Å². The Morgan fingerprint density at radius 1 is 0.824 bits per heavy atom. The number of hydrogen-bond donors (Lipinski definition) is 0. The number of nitrogens with zero attached hydrogens (tertiary/aromatic N) is 4. The van der Waals surface area contributed by atoms with Gasteiger partial charge >= 0.3 is 0 Å². The van der Waals surface area contributed by atoms with E-state index in [1.165, 1.54) is 37.9 Å². The lowest BCUT2D eigenvalue weighted by Crippen LogP contribution is -2.17. The molecule has 1 aliphatic heterocycles. The van der Waals surface area contributed by atoms with Gasteiger partial charge < -0.3 is 4.90 Å². The van der Waals surface area contributed by atoms with E-state index in [1.807, 2.05) is 12.4 Å². The zero-order chi connectivity index (χ0) is 11.8. The van der Waals surface area contributed by atoms with Crippen molar-refractivity contribution in [1.82, 2.24) is 15.0 Å². The average Bonchev–Trinajstić information content (AvgIpc) is 2.96. The van der Waals surface area contributed by atoms with Gasteiger partial charge in [0.25, 0.3) is 0 Å². The van der Waals surface area contributed by atoms with Crippen molar-refractivity contribution in [3.8, 4) is 0 Å². The van der Waals surface area contributed by atoms with Gasteiger partial charge in [0.2, 0.25) is 0 Å². The van der Waals surface area contributed by atoms with E-state index in [-0.39, 0.29) is 0 Å². The van der Waals surface area contributed by atoms with Crippen molar-refractivity contribution < 1.29 is 0 Å². The molecule has 0 spiro atoms. The zero-order valence-electron chi connectivity index (χ0n) is 9.74. The molecule has 4 nitrogen and oxygen atoms in total. The SMILES string of the molecule is c1cc(N2CCCC2)ccn1.c1cncnc1. The van der Waals surface area contributed by atoms with Crippen LogP contribution < -0.4 is 4.90 Å². The Bertz CT molecular complexity index is 372. The van der Waals surface area contributed by atoms with Crippen LogP contribution in [0.15, 0.2) is 49.3 Å². The molecule has 3 rings (SSSR count). The van der Waals surface area contributed by atoms with Crippen LogP contribution in [0.1, 0.15) is 12.8 Å². The molecule has 2 aromatic heterocycles. The van der Waals surface area contributed by atoms with E-state index in [0.29, 0.717) is 0 Å². The van der Waals surface area contributed by atoms with Gasteiger partial charge in [-0.15, -0.1) is 0 Å². The van der Waals surface area contributed by atoms with Crippen molar-refractivity contribution in [2.45, 2.75) is 12.8 Å². The largest absolute Gasteiger partial charge is 0.371 e. The van der Waals surface area contributed by atoms with Crippen LogP contribution in [0.3, 0.4) is 0 Å². The Labute approximate surface area is 101 Å². The molecule has 2 aromatic rings. The molecule has 0 bridgehead atoms. The number of hydrogen-bond acceptors (Lipinski definition) is 4. The lowest BCUT2D eigenvalue weighted by molar-refractivity contribution is 0.949. The Hall–Kier alpha value is -1.97. The van der Waals surface area contributed by atoms with Gasteiger partial charge in [-0.3, -0.25) is 4.98 Å². The quantitative estimate of drug-likeness (QED) is 0.750. The molecule has 3 heterocycles. The Morgan fingerprint density at radius 3 is 1.94 bits per heavy atom. The summed E-state index contributed by atoms with van der Waals surface area (Å²) in [6, 6.07) is 5.93. The van der Waals surface area contributed by atoms with Gasteiger partial charge in [-0.25, -0.2) is 9.97 Å². The fraction of sp³-hybridized carbons (Fsp3) is 0.308. The highest BCUT2D eigenvalue weighted by molar-refractivity contribution is 5.45. The molecule has 0 radical (unpaired) electrons. The van der Waals surface area contributed by atoms with Gasteiger partial charge in [0, 0.05) is 43.6 Å². The standard InChI is InChI=1S/C9H12N2.C4H4N2/c1-2-8-11(7-1)9-3-5-10-6-4-9;1-2-5-4-6-3-1/h3-6H,1-2,7-8H2;1-4H. The molecule has 88 valence electrons. The minimum absolute atomic E-state index is 1.21. The molecule has 4 heteroatoms. The van der Waals surface area contributed by atoms with E-state index < -0.39 is 0 Å². The van der Waals surface area contributed by atoms with Crippen molar-refractivity contribution in [1.29, 1.82) is 0 Å². The van der Waals surface area contributed by atoms with Crippen molar-refractivity contribution in [3.63, 3.8) is 0 Å². The van der Waals surface area contributed by atoms with Crippen LogP contribution in [-0.2, 0) is 0 Å². The first-order valence-corrected chi connectivity index (χ1v) is 5.82. The first kappa shape index (κ1) is 11.5. The summed E-state index contributed by atoms with van der Waals surface area (Å²) in [6.45, 7) is 2.42. The van der Waals surface area contributed by atoms with Crippen molar-refractivity contribution in [3.05, 3.63) is 49.3 Å². The van der Waals surface area contributed by atoms with E-state index in [9.17, 15) is 0 Å². The molecule has 0 amide bonds. The molecule has 1 aliphatic rings.